The molecule has 6 heteroatoms. The van der Waals surface area contributed by atoms with Crippen molar-refractivity contribution in [1.29, 1.82) is 0 Å². The third kappa shape index (κ3) is 9.88. The normalized spacial score (nSPS) is 11.6. The van der Waals surface area contributed by atoms with Crippen molar-refractivity contribution in [3.05, 3.63) is 376 Å². The smallest absolute Gasteiger partial charge is 0.0963 e. The first kappa shape index (κ1) is 58.0. The minimum Gasteiger partial charge on any atom is -0.309 e. The van der Waals surface area contributed by atoms with E-state index in [2.05, 4.69) is 370 Å². The lowest BCUT2D eigenvalue weighted by Gasteiger charge is -2.11. The van der Waals surface area contributed by atoms with Crippen LogP contribution in [0, 0.1) is 0 Å². The number of rotatable bonds is 10. The Morgan fingerprint density at radius 1 is 0.170 bits per heavy atom. The lowest BCUT2D eigenvalue weighted by Crippen LogP contribution is -1.94. The molecule has 100 heavy (non-hydrogen) atoms. The molecule has 0 atom stereocenters. The number of nitrogens with zero attached hydrogens (tertiary/aromatic N) is 6. The zero-order valence-corrected chi connectivity index (χ0v) is 54.5. The van der Waals surface area contributed by atoms with Crippen LogP contribution in [0.3, 0.4) is 0 Å². The van der Waals surface area contributed by atoms with Crippen LogP contribution in [0.15, 0.2) is 376 Å². The van der Waals surface area contributed by atoms with Crippen molar-refractivity contribution in [1.82, 2.24) is 28.2 Å². The number of pyridine rings is 2. The van der Waals surface area contributed by atoms with Gasteiger partial charge in [0, 0.05) is 67.5 Å². The van der Waals surface area contributed by atoms with Gasteiger partial charge in [0.2, 0.25) is 0 Å². The van der Waals surface area contributed by atoms with Crippen molar-refractivity contribution in [2.24, 2.45) is 0 Å². The summed E-state index contributed by atoms with van der Waals surface area (Å²) in [6, 6.07) is 131. The van der Waals surface area contributed by atoms with Gasteiger partial charge in [-0.25, -0.2) is 0 Å². The van der Waals surface area contributed by atoms with E-state index in [0.29, 0.717) is 0 Å². The Morgan fingerprint density at radius 3 is 0.890 bits per heavy atom. The highest BCUT2D eigenvalue weighted by molar-refractivity contribution is 6.19. The molecule has 0 fully saturated rings. The van der Waals surface area contributed by atoms with E-state index >= 15 is 0 Å². The molecule has 0 saturated carbocycles. The van der Waals surface area contributed by atoms with Gasteiger partial charge in [-0.15, -0.1) is 0 Å². The van der Waals surface area contributed by atoms with Gasteiger partial charge in [0.05, 0.1) is 55.2 Å². The Morgan fingerprint density at radius 2 is 0.470 bits per heavy atom. The van der Waals surface area contributed by atoms with E-state index < -0.39 is 0 Å². The summed E-state index contributed by atoms with van der Waals surface area (Å²) < 4.78 is 9.50. The largest absolute Gasteiger partial charge is 0.309 e. The topological polar surface area (TPSA) is 45.5 Å². The van der Waals surface area contributed by atoms with Crippen molar-refractivity contribution in [2.75, 3.05) is 0 Å². The molecule has 0 saturated heterocycles. The molecule has 0 bridgehead atoms. The Hall–Kier alpha value is -13.4. The monoisotopic (exact) mass is 1270 g/mol. The van der Waals surface area contributed by atoms with Crippen LogP contribution in [-0.4, -0.2) is 28.2 Å². The first-order valence-corrected chi connectivity index (χ1v) is 34.1. The van der Waals surface area contributed by atoms with Gasteiger partial charge >= 0.3 is 0 Å². The molecule has 6 heterocycles. The second kappa shape index (κ2) is 24.3. The van der Waals surface area contributed by atoms with Crippen molar-refractivity contribution >= 4 is 87.5 Å². The Bertz CT molecular complexity index is 6500. The average Bonchev–Trinajstić information content (AvgIpc) is 1.58. The Balaban J connectivity index is 0.000000139. The van der Waals surface area contributed by atoms with Gasteiger partial charge in [0.15, 0.2) is 0 Å². The van der Waals surface area contributed by atoms with Crippen LogP contribution < -0.4 is 0 Å². The maximum absolute atomic E-state index is 4.94. The molecule has 0 radical (unpaired) electrons. The van der Waals surface area contributed by atoms with E-state index in [4.69, 9.17) is 9.97 Å². The SMILES string of the molecule is c1ccc(-c2ccc(-n3c4ccc(-c5cccc6c5c5ccccc5n6-c5cccc(-c6ccccc6)c5)cc4c4ncccc43)cc2)cc1.c1ccc(-c2cccc(-n3c4ccc(-c5cccc6c5c5ccccc5n6-c5cccc(-c6ccccc6)c5)cc4c4ncccc43)c2)cc1. The lowest BCUT2D eigenvalue weighted by atomic mass is 9.98. The fourth-order valence-electron chi connectivity index (χ4n) is 15.4. The van der Waals surface area contributed by atoms with Gasteiger partial charge in [-0.05, 0) is 188 Å². The quantitative estimate of drug-likeness (QED) is 0.137. The highest BCUT2D eigenvalue weighted by atomic mass is 15.0. The molecule has 0 unspecified atom stereocenters. The van der Waals surface area contributed by atoms with Crippen molar-refractivity contribution in [3.8, 4) is 89.5 Å². The van der Waals surface area contributed by atoms with Crippen LogP contribution in [0.4, 0.5) is 0 Å². The maximum atomic E-state index is 4.94. The summed E-state index contributed by atoms with van der Waals surface area (Å²) >= 11 is 0. The second-order valence-corrected chi connectivity index (χ2v) is 25.6. The highest BCUT2D eigenvalue weighted by Crippen LogP contribution is 2.44. The highest BCUT2D eigenvalue weighted by Gasteiger charge is 2.22. The fraction of sp³-hybridized carbons (Fsp3) is 0. The zero-order valence-electron chi connectivity index (χ0n) is 54.5. The summed E-state index contributed by atoms with van der Waals surface area (Å²) in [5.41, 5.74) is 30.2. The van der Waals surface area contributed by atoms with Gasteiger partial charge in [0.1, 0.15) is 0 Å². The minimum absolute atomic E-state index is 1.00. The first-order chi connectivity index (χ1) is 49.6. The van der Waals surface area contributed by atoms with Gasteiger partial charge in [0.25, 0.3) is 0 Å². The molecule has 6 nitrogen and oxygen atoms in total. The predicted octanol–water partition coefficient (Wildman–Crippen LogP) is 24.6. The molecule has 0 aliphatic carbocycles. The van der Waals surface area contributed by atoms with Crippen LogP contribution in [-0.2, 0) is 0 Å². The van der Waals surface area contributed by atoms with Gasteiger partial charge in [-0.1, -0.05) is 243 Å². The molecule has 0 amide bonds. The number of aromatic nitrogens is 6. The molecule has 6 aromatic heterocycles. The summed E-state index contributed by atoms with van der Waals surface area (Å²) in [6.07, 6.45) is 3.80. The molecular formula is C94H62N6. The number of hydrogen-bond donors (Lipinski definition) is 0. The number of benzene rings is 14. The van der Waals surface area contributed by atoms with Gasteiger partial charge in [-0.2, -0.15) is 0 Å². The maximum Gasteiger partial charge on any atom is 0.0963 e. The van der Waals surface area contributed by atoms with Crippen LogP contribution in [0.25, 0.3) is 177 Å². The molecule has 468 valence electrons. The molecule has 20 rings (SSSR count). The average molecular weight is 1280 g/mol. The van der Waals surface area contributed by atoms with Crippen molar-refractivity contribution in [3.63, 3.8) is 0 Å². The Labute approximate surface area is 578 Å². The number of fused-ring (bicyclic) bond motifs is 12. The standard InChI is InChI=1S/2C47H31N3/c1-3-13-32(14-4-1)34-17-9-19-37(29-34)49-42-23-8-7-21-40(42)46-39(22-11-24-44(46)49)36-26-27-43-41(31-36)47-45(25-12-28-48-47)50(43)38-20-10-18-35(30-38)33-15-5-2-6-16-33;1-3-12-32(13-4-1)34-23-26-37(27-24-34)49-43-28-25-36(31-41(43)47-45(49)22-11-29-48-47)39-19-10-21-44-46(39)40-18-7-8-20-42(40)50(44)38-17-9-16-35(30-38)33-14-5-2-6-15-33/h2*1-31H. The summed E-state index contributed by atoms with van der Waals surface area (Å²) in [5, 5.41) is 7.26. The predicted molar refractivity (Wildman–Crippen MR) is 418 cm³/mol. The number of hydrogen-bond acceptors (Lipinski definition) is 2. The lowest BCUT2D eigenvalue weighted by molar-refractivity contribution is 1.18. The summed E-state index contributed by atoms with van der Waals surface area (Å²) in [5.74, 6) is 0. The van der Waals surface area contributed by atoms with Gasteiger partial charge in [-0.3, -0.25) is 9.97 Å². The van der Waals surface area contributed by atoms with Crippen molar-refractivity contribution in [2.45, 2.75) is 0 Å². The third-order valence-electron chi connectivity index (χ3n) is 19.9. The Kier molecular flexibility index (Phi) is 14.1. The molecule has 0 spiro atoms. The molecule has 0 aliphatic rings. The van der Waals surface area contributed by atoms with Crippen molar-refractivity contribution < 1.29 is 0 Å². The second-order valence-electron chi connectivity index (χ2n) is 25.6. The minimum atomic E-state index is 1.00. The molecule has 20 aromatic rings. The van der Waals surface area contributed by atoms with Crippen LogP contribution in [0.1, 0.15) is 0 Å². The molecule has 0 N–H and O–H groups in total. The fourth-order valence-corrected chi connectivity index (χ4v) is 15.4. The molecule has 14 aromatic carbocycles. The van der Waals surface area contributed by atoms with E-state index in [1.807, 2.05) is 24.5 Å². The molecular weight excluding hydrogens is 1210 g/mol. The van der Waals surface area contributed by atoms with Crippen LogP contribution >= 0.6 is 0 Å². The zero-order chi connectivity index (χ0) is 66.0. The van der Waals surface area contributed by atoms with E-state index in [0.717, 1.165) is 66.6 Å². The molecule has 0 aliphatic heterocycles. The first-order valence-electron chi connectivity index (χ1n) is 34.1. The number of para-hydroxylation sites is 2. The summed E-state index contributed by atoms with van der Waals surface area (Å²) in [4.78, 5) is 9.85. The van der Waals surface area contributed by atoms with E-state index in [9.17, 15) is 0 Å². The summed E-state index contributed by atoms with van der Waals surface area (Å²) in [6.45, 7) is 0. The van der Waals surface area contributed by atoms with Crippen LogP contribution in [0.5, 0.6) is 0 Å². The van der Waals surface area contributed by atoms with Gasteiger partial charge < -0.3 is 18.3 Å². The van der Waals surface area contributed by atoms with E-state index in [1.54, 1.807) is 0 Å². The van der Waals surface area contributed by atoms with Crippen LogP contribution in [0.2, 0.25) is 0 Å². The van der Waals surface area contributed by atoms with E-state index in [-0.39, 0.29) is 0 Å². The van der Waals surface area contributed by atoms with E-state index in [1.165, 1.54) is 110 Å². The third-order valence-corrected chi connectivity index (χ3v) is 19.9. The summed E-state index contributed by atoms with van der Waals surface area (Å²) in [7, 11) is 0.